The molecule has 0 amide bonds. The molecule has 4 bridgehead atoms. The zero-order chi connectivity index (χ0) is 66.0. The number of nitrogens with one attached hydrogen (secondary N) is 2. The van der Waals surface area contributed by atoms with Crippen molar-refractivity contribution < 1.29 is 78.4 Å². The number of methoxy groups -OCH3 is 1. The molecule has 94 heavy (non-hydrogen) atoms. The largest absolute Gasteiger partial charge is 0.573 e. The van der Waals surface area contributed by atoms with Gasteiger partial charge in [-0.1, -0.05) is 57.3 Å². The van der Waals surface area contributed by atoms with Gasteiger partial charge in [0.25, 0.3) is 0 Å². The molecule has 0 aliphatic heterocycles. The molecule has 8 aromatic rings. The first-order chi connectivity index (χ1) is 44.9. The van der Waals surface area contributed by atoms with E-state index < -0.39 is 24.3 Å². The Balaban J connectivity index is 0.000000171. The Hall–Kier alpha value is -7.19. The number of alkyl halides is 6. The number of esters is 1. The summed E-state index contributed by atoms with van der Waals surface area (Å²) in [5.74, 6) is 3.49. The molecular weight excluding hydrogens is 1270 g/mol. The lowest BCUT2D eigenvalue weighted by molar-refractivity contribution is -0.275. The summed E-state index contributed by atoms with van der Waals surface area (Å²) in [4.78, 5) is 22.1. The van der Waals surface area contributed by atoms with Crippen molar-refractivity contribution in [2.75, 3.05) is 17.7 Å². The molecule has 0 spiro atoms. The molecule has 4 atom stereocenters. The molecule has 0 radical (unpaired) electrons. The summed E-state index contributed by atoms with van der Waals surface area (Å²) in [7, 11) is 1.36. The van der Waals surface area contributed by atoms with Gasteiger partial charge in [0.15, 0.2) is 10.3 Å². The third-order valence-electron chi connectivity index (χ3n) is 18.7. The fraction of sp³-hybridized carbons (Fsp3) is 0.522. The number of anilines is 2. The lowest BCUT2D eigenvalue weighted by Crippen LogP contribution is -2.39. The van der Waals surface area contributed by atoms with E-state index in [1.807, 2.05) is 39.8 Å². The van der Waals surface area contributed by atoms with Gasteiger partial charge in [0, 0.05) is 46.2 Å². The Labute approximate surface area is 547 Å². The summed E-state index contributed by atoms with van der Waals surface area (Å²) >= 11 is 3.07. The number of benzene rings is 4. The minimum atomic E-state index is -4.83. The van der Waals surface area contributed by atoms with Crippen LogP contribution in [0.5, 0.6) is 23.0 Å². The van der Waals surface area contributed by atoms with Gasteiger partial charge in [-0.2, -0.15) is 0 Å². The van der Waals surface area contributed by atoms with Gasteiger partial charge in [0.1, 0.15) is 56.9 Å². The van der Waals surface area contributed by atoms with E-state index in [2.05, 4.69) is 30.4 Å². The maximum atomic E-state index is 13.2. The minimum absolute atomic E-state index is 0.00829. The van der Waals surface area contributed by atoms with Gasteiger partial charge < -0.3 is 57.9 Å². The fourth-order valence-corrected chi connectivity index (χ4v) is 16.1. The van der Waals surface area contributed by atoms with Crippen LogP contribution in [0.15, 0.2) is 81.8 Å². The van der Waals surface area contributed by atoms with Crippen LogP contribution in [0.2, 0.25) is 0 Å². The molecule has 17 nitrogen and oxygen atoms in total. The van der Waals surface area contributed by atoms with E-state index in [9.17, 15) is 36.2 Å². The minimum Gasteiger partial charge on any atom is -0.489 e. The molecule has 4 heterocycles. The Morgan fingerprint density at radius 2 is 1.01 bits per heavy atom. The van der Waals surface area contributed by atoms with Crippen LogP contribution in [0.25, 0.3) is 42.9 Å². The van der Waals surface area contributed by atoms with Gasteiger partial charge >= 0.3 is 18.7 Å². The second-order valence-corrected chi connectivity index (χ2v) is 28.9. The summed E-state index contributed by atoms with van der Waals surface area (Å²) in [6, 6.07) is 19.9. The van der Waals surface area contributed by atoms with Crippen molar-refractivity contribution in [3.05, 3.63) is 107 Å². The van der Waals surface area contributed by atoms with Crippen LogP contribution in [0.4, 0.5) is 36.6 Å². The third-order valence-corrected chi connectivity index (χ3v) is 20.5. The molecule has 3 N–H and O–H groups in total. The lowest BCUT2D eigenvalue weighted by atomic mass is 9.82. The van der Waals surface area contributed by atoms with Crippen molar-refractivity contribution in [3.63, 3.8) is 0 Å². The monoisotopic (exact) mass is 1340 g/mol. The van der Waals surface area contributed by atoms with E-state index in [1.54, 1.807) is 61.6 Å². The Morgan fingerprint density at radius 3 is 1.40 bits per heavy atom. The zero-order valence-electron chi connectivity index (χ0n) is 53.2. The summed E-state index contributed by atoms with van der Waals surface area (Å²) in [5.41, 5.74) is 4.23. The van der Waals surface area contributed by atoms with Crippen LogP contribution in [0.3, 0.4) is 0 Å². The number of carbonyl (C=O) groups excluding carboxylic acids is 1. The number of para-hydroxylation sites is 2. The van der Waals surface area contributed by atoms with Crippen molar-refractivity contribution in [2.45, 2.75) is 198 Å². The number of aliphatic hydroxyl groups is 1. The highest BCUT2D eigenvalue weighted by Crippen LogP contribution is 2.52. The SMILES string of the molecule is CC(C)Oc1cc(C(C)(C)O)cc2sc(NC3C4CCC3CC(OCc3c(-c5ccccc5OC(F)(F)F)noc3C3CC3)C4)nc12.COC(=O)c1cc(OC(C)C)c2nc(NC3C4CCC3CC(OCc3c(-c5ccccc5OC(F)(F)F)noc3C3CC3)C4)sc2c1. The fourth-order valence-electron chi connectivity index (χ4n) is 14.2. The molecule has 6 aliphatic rings. The number of carbonyl (C=O) groups is 1. The predicted molar refractivity (Wildman–Crippen MR) is 341 cm³/mol. The van der Waals surface area contributed by atoms with Gasteiger partial charge in [-0.05, 0) is 196 Å². The zero-order valence-corrected chi connectivity index (χ0v) is 54.8. The molecule has 502 valence electrons. The third kappa shape index (κ3) is 14.8. The number of halogens is 6. The van der Waals surface area contributed by atoms with Gasteiger partial charge in [-0.25, -0.2) is 14.8 Å². The molecule has 4 unspecified atom stereocenters. The van der Waals surface area contributed by atoms with Crippen LogP contribution in [0.1, 0.15) is 169 Å². The van der Waals surface area contributed by atoms with Gasteiger partial charge in [-0.15, -0.1) is 26.3 Å². The number of rotatable bonds is 22. The maximum absolute atomic E-state index is 13.2. The summed E-state index contributed by atoms with van der Waals surface area (Å²) in [5, 5.41) is 28.2. The summed E-state index contributed by atoms with van der Waals surface area (Å²) in [6.07, 6.45) is 1.79. The quantitative estimate of drug-likeness (QED) is 0.0426. The average molecular weight is 1340 g/mol. The number of hydrogen-bond donors (Lipinski definition) is 3. The van der Waals surface area contributed by atoms with E-state index in [1.165, 1.54) is 42.7 Å². The standard InChI is InChI=1S/C35H40F3N3O5S.C34H36F3N3O6S/c1-18(2)44-27-15-22(34(3,4)42)16-28-31(27)40-33(47-28)39-29-20-11-12-21(29)14-23(13-20)43-17-25-30(41-46-32(25)19-9-10-19)24-7-5-6-8-26(24)45-35(36,37)38;1-17(2)44-26-14-21(32(41)42-3)15-27-30(26)39-33(47-27)38-28-19-10-11-20(28)13-22(12-19)43-16-24-29(40-46-31(24)18-8-9-18)23-6-4-5-7-25(23)45-34(35,36)37/h5-8,15-16,18-21,23,29,42H,9-14,17H2,1-4H3,(H,39,40);4-7,14-15,17-20,22,28H,8-13,16H2,1-3H3,(H,38,39). The number of ether oxygens (including phenoxy) is 7. The van der Waals surface area contributed by atoms with E-state index in [0.717, 1.165) is 108 Å². The highest BCUT2D eigenvalue weighted by molar-refractivity contribution is 7.22. The second-order valence-electron chi connectivity index (χ2n) is 26.8. The highest BCUT2D eigenvalue weighted by atomic mass is 32.1. The van der Waals surface area contributed by atoms with Crippen molar-refractivity contribution in [1.29, 1.82) is 0 Å². The van der Waals surface area contributed by atoms with Crippen LogP contribution < -0.4 is 29.6 Å². The van der Waals surface area contributed by atoms with E-state index in [4.69, 9.17) is 42.7 Å². The maximum Gasteiger partial charge on any atom is 0.573 e. The van der Waals surface area contributed by atoms with E-state index in [-0.39, 0.29) is 84.2 Å². The molecule has 25 heteroatoms. The number of fused-ring (bicyclic) bond motifs is 6. The molecule has 4 aromatic heterocycles. The highest BCUT2D eigenvalue weighted by Gasteiger charge is 2.46. The molecule has 14 rings (SSSR count). The smallest absolute Gasteiger partial charge is 0.489 e. The van der Waals surface area contributed by atoms with Crippen LogP contribution in [0, 0.1) is 23.7 Å². The number of nitrogens with zero attached hydrogens (tertiary/aromatic N) is 4. The summed E-state index contributed by atoms with van der Waals surface area (Å²) < 4.78 is 131. The Morgan fingerprint density at radius 1 is 0.596 bits per heavy atom. The normalized spacial score (nSPS) is 22.8. The first-order valence-corrected chi connectivity index (χ1v) is 34.0. The van der Waals surface area contributed by atoms with Gasteiger partial charge in [-0.3, -0.25) is 0 Å². The van der Waals surface area contributed by atoms with Crippen molar-refractivity contribution in [1.82, 2.24) is 20.3 Å². The molecule has 0 saturated heterocycles. The number of thiazole rings is 2. The van der Waals surface area contributed by atoms with Crippen LogP contribution in [-0.4, -0.2) is 87.7 Å². The Bertz CT molecular complexity index is 3990. The van der Waals surface area contributed by atoms with E-state index in [0.29, 0.717) is 80.3 Å². The van der Waals surface area contributed by atoms with Crippen molar-refractivity contribution in [2.24, 2.45) is 23.7 Å². The van der Waals surface area contributed by atoms with Crippen LogP contribution in [-0.2, 0) is 33.0 Å². The molecular formula is C69H76F6N6O11S2. The average Bonchev–Trinajstić information content (AvgIpc) is 1.65. The van der Waals surface area contributed by atoms with Crippen LogP contribution >= 0.6 is 22.7 Å². The first-order valence-electron chi connectivity index (χ1n) is 32.4. The second kappa shape index (κ2) is 26.4. The van der Waals surface area contributed by atoms with Crippen molar-refractivity contribution >= 4 is 59.3 Å². The predicted octanol–water partition coefficient (Wildman–Crippen LogP) is 17.4. The number of hydrogen-bond acceptors (Lipinski definition) is 19. The molecule has 6 fully saturated rings. The first kappa shape index (κ1) is 65.5. The van der Waals surface area contributed by atoms with E-state index >= 15 is 0 Å². The van der Waals surface area contributed by atoms with Gasteiger partial charge in [0.2, 0.25) is 0 Å². The lowest BCUT2D eigenvalue weighted by Gasteiger charge is -2.35. The summed E-state index contributed by atoms with van der Waals surface area (Å²) in [6.45, 7) is 11.8. The Kier molecular flexibility index (Phi) is 18.4. The number of aromatic nitrogens is 4. The van der Waals surface area contributed by atoms with Crippen molar-refractivity contribution in [3.8, 4) is 45.5 Å². The molecule has 6 aliphatic carbocycles. The topological polar surface area (TPSA) is 204 Å². The molecule has 6 saturated carbocycles. The molecule has 4 aromatic carbocycles. The van der Waals surface area contributed by atoms with Gasteiger partial charge in [0.05, 0.1) is 65.3 Å².